The Morgan fingerprint density at radius 2 is 1.04 bits per heavy atom. The van der Waals surface area contributed by atoms with Gasteiger partial charge in [-0.1, -0.05) is 103 Å². The van der Waals surface area contributed by atoms with E-state index in [1.165, 1.54) is 97.8 Å². The van der Waals surface area contributed by atoms with Crippen molar-refractivity contribution in [2.75, 3.05) is 0 Å². The Kier molecular flexibility index (Phi) is 6.28. The molecular weight excluding hydrogens is 637 g/mol. The van der Waals surface area contributed by atoms with Crippen molar-refractivity contribution in [1.82, 2.24) is 9.13 Å². The van der Waals surface area contributed by atoms with Gasteiger partial charge in [0.15, 0.2) is 0 Å². The normalized spacial score (nSPS) is 12.9. The summed E-state index contributed by atoms with van der Waals surface area (Å²) in [7, 11) is 0. The smallest absolute Gasteiger partial charge is 0.0547 e. The number of benzene rings is 7. The van der Waals surface area contributed by atoms with Crippen LogP contribution in [0.5, 0.6) is 0 Å². The van der Waals surface area contributed by atoms with Gasteiger partial charge in [0.05, 0.1) is 16.6 Å². The molecule has 7 aromatic carbocycles. The van der Waals surface area contributed by atoms with Crippen LogP contribution in [-0.2, 0) is 6.42 Å². The van der Waals surface area contributed by atoms with Gasteiger partial charge < -0.3 is 9.13 Å². The molecule has 10 aromatic rings. The molecule has 1 aliphatic carbocycles. The number of thiophene rings is 1. The molecule has 0 fully saturated rings. The summed E-state index contributed by atoms with van der Waals surface area (Å²) in [4.78, 5) is 0. The van der Waals surface area contributed by atoms with E-state index >= 15 is 0 Å². The van der Waals surface area contributed by atoms with Crippen molar-refractivity contribution < 1.29 is 0 Å². The molecule has 0 saturated heterocycles. The maximum absolute atomic E-state index is 2.43. The third-order valence-corrected chi connectivity index (χ3v) is 11.9. The highest BCUT2D eigenvalue weighted by atomic mass is 32.1. The average molecular weight is 669 g/mol. The Morgan fingerprint density at radius 1 is 0.412 bits per heavy atom. The SMILES string of the molecule is C1=Cc2c(c3cc(-c4ccc5c6ccccc6n(-c6ccc(-c7ccc8c(c7)sc7ccccc78)cc6)c5c4)ccc3n2-c2ccccc2)CC1. The van der Waals surface area contributed by atoms with E-state index < -0.39 is 0 Å². The first kappa shape index (κ1) is 28.7. The van der Waals surface area contributed by atoms with Gasteiger partial charge >= 0.3 is 0 Å². The standard InChI is InChI=1S/C48H32N2S/c1-2-10-35(11-3-1)49-44-16-8-5-13-38(44)42-28-32(22-27-45(42)49)33-20-25-39-37-12-4-7-15-43(37)50(46(39)29-33)36-23-18-31(19-24-36)34-21-26-41-40-14-6-9-17-47(40)51-48(41)30-34/h1-4,6-12,14-30H,5,13H2. The van der Waals surface area contributed by atoms with E-state index in [1.807, 2.05) is 11.3 Å². The fraction of sp³-hybridized carbons (Fsp3) is 0.0417. The van der Waals surface area contributed by atoms with E-state index in [0.717, 1.165) is 12.8 Å². The summed E-state index contributed by atoms with van der Waals surface area (Å²) in [5.74, 6) is 0. The van der Waals surface area contributed by atoms with Gasteiger partial charge in [-0.25, -0.2) is 0 Å². The molecule has 3 aromatic heterocycles. The molecule has 0 spiro atoms. The minimum absolute atomic E-state index is 1.06. The van der Waals surface area contributed by atoms with Crippen LogP contribution >= 0.6 is 11.3 Å². The zero-order chi connectivity index (χ0) is 33.5. The lowest BCUT2D eigenvalue weighted by molar-refractivity contribution is 0.967. The molecule has 0 radical (unpaired) electrons. The van der Waals surface area contributed by atoms with Crippen molar-refractivity contribution in [3.05, 3.63) is 175 Å². The van der Waals surface area contributed by atoms with Crippen LogP contribution in [0.3, 0.4) is 0 Å². The third kappa shape index (κ3) is 4.42. The Hall–Kier alpha value is -6.16. The van der Waals surface area contributed by atoms with E-state index in [1.54, 1.807) is 0 Å². The topological polar surface area (TPSA) is 9.86 Å². The van der Waals surface area contributed by atoms with Gasteiger partial charge in [0.1, 0.15) is 0 Å². The largest absolute Gasteiger partial charge is 0.310 e. The fourth-order valence-electron chi connectivity index (χ4n) is 8.41. The van der Waals surface area contributed by atoms with Gasteiger partial charge in [0.2, 0.25) is 0 Å². The predicted octanol–water partition coefficient (Wildman–Crippen LogP) is 13.4. The van der Waals surface area contributed by atoms with Crippen LogP contribution in [0.4, 0.5) is 0 Å². The van der Waals surface area contributed by atoms with Crippen LogP contribution in [0.15, 0.2) is 164 Å². The first-order chi connectivity index (χ1) is 25.3. The van der Waals surface area contributed by atoms with Crippen LogP contribution in [0.2, 0.25) is 0 Å². The maximum atomic E-state index is 2.43. The van der Waals surface area contributed by atoms with Crippen molar-refractivity contribution in [1.29, 1.82) is 0 Å². The van der Waals surface area contributed by atoms with E-state index in [4.69, 9.17) is 0 Å². The van der Waals surface area contributed by atoms with Gasteiger partial charge in [0.25, 0.3) is 0 Å². The third-order valence-electron chi connectivity index (χ3n) is 10.8. The van der Waals surface area contributed by atoms with Crippen LogP contribution in [0, 0.1) is 0 Å². The van der Waals surface area contributed by atoms with Crippen LogP contribution in [0.1, 0.15) is 17.7 Å². The minimum Gasteiger partial charge on any atom is -0.310 e. The van der Waals surface area contributed by atoms with Gasteiger partial charge in [0, 0.05) is 53.4 Å². The fourth-order valence-corrected chi connectivity index (χ4v) is 9.55. The van der Waals surface area contributed by atoms with E-state index in [0.29, 0.717) is 0 Å². The second kappa shape index (κ2) is 11.2. The van der Waals surface area contributed by atoms with E-state index in [-0.39, 0.29) is 0 Å². The molecule has 3 heterocycles. The molecule has 0 atom stereocenters. The zero-order valence-corrected chi connectivity index (χ0v) is 28.7. The molecule has 2 nitrogen and oxygen atoms in total. The molecule has 0 bridgehead atoms. The molecule has 0 N–H and O–H groups in total. The van der Waals surface area contributed by atoms with Crippen molar-refractivity contribution in [3.63, 3.8) is 0 Å². The molecule has 0 amide bonds. The summed E-state index contributed by atoms with van der Waals surface area (Å²) >= 11 is 1.87. The van der Waals surface area contributed by atoms with Gasteiger partial charge in [-0.2, -0.15) is 0 Å². The van der Waals surface area contributed by atoms with Gasteiger partial charge in [-0.3, -0.25) is 0 Å². The van der Waals surface area contributed by atoms with E-state index in [2.05, 4.69) is 179 Å². The minimum atomic E-state index is 1.06. The first-order valence-corrected chi connectivity index (χ1v) is 18.6. The monoisotopic (exact) mass is 668 g/mol. The lowest BCUT2D eigenvalue weighted by atomic mass is 9.97. The lowest BCUT2D eigenvalue weighted by Gasteiger charge is -2.11. The molecule has 3 heteroatoms. The number of hydrogen-bond acceptors (Lipinski definition) is 1. The predicted molar refractivity (Wildman–Crippen MR) is 219 cm³/mol. The molecule has 0 aliphatic heterocycles. The van der Waals surface area contributed by atoms with Crippen LogP contribution < -0.4 is 0 Å². The number of rotatable bonds is 4. The summed E-state index contributed by atoms with van der Waals surface area (Å²) in [5.41, 5.74) is 13.8. The summed E-state index contributed by atoms with van der Waals surface area (Å²) in [6.45, 7) is 0. The summed E-state index contributed by atoms with van der Waals surface area (Å²) in [5, 5.41) is 6.57. The maximum Gasteiger partial charge on any atom is 0.0547 e. The number of aryl methyl sites for hydroxylation is 1. The summed E-state index contributed by atoms with van der Waals surface area (Å²) < 4.78 is 7.53. The number of allylic oxidation sites excluding steroid dienone is 1. The highest BCUT2D eigenvalue weighted by molar-refractivity contribution is 7.25. The molecular formula is C48H32N2S. The van der Waals surface area contributed by atoms with E-state index in [9.17, 15) is 0 Å². The van der Waals surface area contributed by atoms with Gasteiger partial charge in [-0.05, 0) is 107 Å². The zero-order valence-electron chi connectivity index (χ0n) is 27.9. The second-order valence-corrected chi connectivity index (χ2v) is 14.7. The van der Waals surface area contributed by atoms with Crippen LogP contribution in [-0.4, -0.2) is 9.13 Å². The number of para-hydroxylation sites is 2. The lowest BCUT2D eigenvalue weighted by Crippen LogP contribution is -1.99. The molecule has 51 heavy (non-hydrogen) atoms. The summed E-state index contributed by atoms with van der Waals surface area (Å²) in [6.07, 6.45) is 6.76. The molecule has 1 aliphatic rings. The highest BCUT2D eigenvalue weighted by Gasteiger charge is 2.20. The average Bonchev–Trinajstić information content (AvgIpc) is 3.85. The number of aromatic nitrogens is 2. The Balaban J connectivity index is 1.03. The summed E-state index contributed by atoms with van der Waals surface area (Å²) in [6, 6.07) is 58.3. The van der Waals surface area contributed by atoms with Crippen LogP contribution in [0.25, 0.3) is 92.6 Å². The quantitative estimate of drug-likeness (QED) is 0.177. The highest BCUT2D eigenvalue weighted by Crippen LogP contribution is 2.40. The molecule has 11 rings (SSSR count). The Labute approximate surface area is 299 Å². The van der Waals surface area contributed by atoms with Crippen molar-refractivity contribution in [2.45, 2.75) is 12.8 Å². The van der Waals surface area contributed by atoms with Crippen molar-refractivity contribution in [2.24, 2.45) is 0 Å². The van der Waals surface area contributed by atoms with Crippen molar-refractivity contribution in [3.8, 4) is 33.6 Å². The number of nitrogens with zero attached hydrogens (tertiary/aromatic N) is 2. The molecule has 0 saturated carbocycles. The Bertz CT molecular complexity index is 3010. The van der Waals surface area contributed by atoms with Gasteiger partial charge in [-0.15, -0.1) is 11.3 Å². The molecule has 240 valence electrons. The second-order valence-electron chi connectivity index (χ2n) is 13.6. The number of hydrogen-bond donors (Lipinski definition) is 0. The molecule has 0 unspecified atom stereocenters. The van der Waals surface area contributed by atoms with Crippen molar-refractivity contribution >= 4 is 70.3 Å². The Morgan fingerprint density at radius 3 is 1.92 bits per heavy atom. The first-order valence-electron chi connectivity index (χ1n) is 17.7. The number of fused-ring (bicyclic) bond motifs is 9.